The number of hydrogen-bond acceptors (Lipinski definition) is 7. The number of rotatable bonds is 6. The second-order valence-electron chi connectivity index (χ2n) is 4.88. The Balaban J connectivity index is 1.87. The molecule has 3 rings (SSSR count). The van der Waals surface area contributed by atoms with E-state index in [1.165, 1.54) is 16.4 Å². The number of carbonyl (C=O) groups excluding carboxylic acids is 1. The van der Waals surface area contributed by atoms with Gasteiger partial charge in [-0.2, -0.15) is 13.5 Å². The fourth-order valence-electron chi connectivity index (χ4n) is 2.47. The molecule has 2 aliphatic rings. The molecule has 1 atom stereocenters. The van der Waals surface area contributed by atoms with Crippen LogP contribution in [0.1, 0.15) is 21.6 Å². The van der Waals surface area contributed by atoms with Crippen molar-refractivity contribution in [2.24, 2.45) is 0 Å². The summed E-state index contributed by atoms with van der Waals surface area (Å²) < 4.78 is 27.5. The summed E-state index contributed by atoms with van der Waals surface area (Å²) in [5.41, 5.74) is 0.723. The highest BCUT2D eigenvalue weighted by Gasteiger charge is 2.46. The van der Waals surface area contributed by atoms with E-state index in [1.54, 1.807) is 11.0 Å². The van der Waals surface area contributed by atoms with E-state index in [4.69, 9.17) is 4.84 Å². The van der Waals surface area contributed by atoms with Gasteiger partial charge < -0.3 is 4.90 Å². The van der Waals surface area contributed by atoms with E-state index in [9.17, 15) is 13.2 Å². The minimum Gasteiger partial charge on any atom is -0.314 e. The summed E-state index contributed by atoms with van der Waals surface area (Å²) in [4.78, 5) is 24.4. The standard InChI is InChI=1S/C12H15N3O5S2/c1-3-4-20-15-9-6-14(12(15)16)5-8-11(9)21-10(13-8)7-22(17,18)19-2/h3,9H,1,4-7H2,2H3. The molecule has 120 valence electrons. The molecule has 3 heterocycles. The third kappa shape index (κ3) is 2.62. The van der Waals surface area contributed by atoms with Crippen LogP contribution in [-0.2, 0) is 31.4 Å². The van der Waals surface area contributed by atoms with Crippen molar-refractivity contribution in [2.45, 2.75) is 18.3 Å². The van der Waals surface area contributed by atoms with Crippen LogP contribution in [-0.4, -0.2) is 49.7 Å². The van der Waals surface area contributed by atoms with E-state index in [0.29, 0.717) is 18.1 Å². The second-order valence-corrected chi connectivity index (χ2v) is 7.73. The number of hydrogen-bond donors (Lipinski definition) is 0. The maximum atomic E-state index is 12.2. The highest BCUT2D eigenvalue weighted by atomic mass is 32.2. The minimum absolute atomic E-state index is 0.205. The average molecular weight is 345 g/mol. The average Bonchev–Trinajstić information content (AvgIpc) is 2.98. The highest BCUT2D eigenvalue weighted by molar-refractivity contribution is 7.86. The lowest BCUT2D eigenvalue weighted by atomic mass is 10.1. The Morgan fingerprint density at radius 2 is 2.32 bits per heavy atom. The first-order valence-corrected chi connectivity index (χ1v) is 8.93. The zero-order chi connectivity index (χ0) is 15.9. The minimum atomic E-state index is -3.61. The Hall–Kier alpha value is -1.49. The van der Waals surface area contributed by atoms with Crippen molar-refractivity contribution < 1.29 is 22.2 Å². The maximum Gasteiger partial charge on any atom is 0.345 e. The summed E-state index contributed by atoms with van der Waals surface area (Å²) in [7, 11) is -2.49. The van der Waals surface area contributed by atoms with Crippen molar-refractivity contribution in [1.29, 1.82) is 0 Å². The molecule has 0 spiro atoms. The van der Waals surface area contributed by atoms with Crippen LogP contribution < -0.4 is 0 Å². The lowest BCUT2D eigenvalue weighted by Crippen LogP contribution is -2.30. The molecule has 0 N–H and O–H groups in total. The van der Waals surface area contributed by atoms with Crippen LogP contribution in [0.15, 0.2) is 12.7 Å². The molecule has 0 saturated carbocycles. The monoisotopic (exact) mass is 345 g/mol. The van der Waals surface area contributed by atoms with Crippen LogP contribution in [0.3, 0.4) is 0 Å². The third-order valence-electron chi connectivity index (χ3n) is 3.44. The molecule has 0 aromatic carbocycles. The number of hydroxylamine groups is 2. The molecule has 8 nitrogen and oxygen atoms in total. The van der Waals surface area contributed by atoms with Gasteiger partial charge in [-0.1, -0.05) is 6.08 Å². The summed E-state index contributed by atoms with van der Waals surface area (Å²) in [5, 5.41) is 1.78. The third-order valence-corrected chi connectivity index (χ3v) is 5.95. The Morgan fingerprint density at radius 3 is 3.00 bits per heavy atom. The number of thiazole rings is 1. The number of nitrogens with zero attached hydrogens (tertiary/aromatic N) is 3. The van der Waals surface area contributed by atoms with Crippen molar-refractivity contribution in [3.8, 4) is 0 Å². The van der Waals surface area contributed by atoms with E-state index in [1.807, 2.05) is 0 Å². The second kappa shape index (κ2) is 5.61. The van der Waals surface area contributed by atoms with Gasteiger partial charge in [-0.3, -0.25) is 9.02 Å². The quantitative estimate of drug-likeness (QED) is 0.565. The van der Waals surface area contributed by atoms with Crippen molar-refractivity contribution in [3.05, 3.63) is 28.2 Å². The van der Waals surface area contributed by atoms with Gasteiger partial charge in [0.25, 0.3) is 10.1 Å². The number of fused-ring (bicyclic) bond motifs is 4. The Labute approximate surface area is 132 Å². The normalized spacial score (nSPS) is 20.4. The van der Waals surface area contributed by atoms with Gasteiger partial charge in [-0.25, -0.2) is 9.78 Å². The molecule has 0 radical (unpaired) electrons. The molecule has 2 aliphatic heterocycles. The van der Waals surface area contributed by atoms with Crippen LogP contribution in [0, 0.1) is 0 Å². The molecule has 2 amide bonds. The summed E-state index contributed by atoms with van der Waals surface area (Å²) in [6.07, 6.45) is 1.56. The van der Waals surface area contributed by atoms with E-state index < -0.39 is 10.1 Å². The predicted molar refractivity (Wildman–Crippen MR) is 78.3 cm³/mol. The van der Waals surface area contributed by atoms with Crippen LogP contribution >= 0.6 is 11.3 Å². The van der Waals surface area contributed by atoms with E-state index in [-0.39, 0.29) is 24.4 Å². The molecule has 1 aromatic rings. The summed E-state index contributed by atoms with van der Waals surface area (Å²) in [5.74, 6) is -0.269. The Kier molecular flexibility index (Phi) is 3.93. The van der Waals surface area contributed by atoms with Crippen molar-refractivity contribution >= 4 is 27.5 Å². The van der Waals surface area contributed by atoms with E-state index in [0.717, 1.165) is 17.7 Å². The van der Waals surface area contributed by atoms with Crippen LogP contribution in [0.4, 0.5) is 4.79 Å². The zero-order valence-corrected chi connectivity index (χ0v) is 13.5. The topological polar surface area (TPSA) is 89.0 Å². The van der Waals surface area contributed by atoms with Gasteiger partial charge in [-0.15, -0.1) is 17.9 Å². The molecule has 10 heteroatoms. The van der Waals surface area contributed by atoms with Crippen LogP contribution in [0.2, 0.25) is 0 Å². The fraction of sp³-hybridized carbons (Fsp3) is 0.500. The molecule has 2 bridgehead atoms. The first kappa shape index (κ1) is 15.4. The molecule has 1 saturated heterocycles. The van der Waals surface area contributed by atoms with Crippen molar-refractivity contribution in [2.75, 3.05) is 20.3 Å². The molecule has 0 aliphatic carbocycles. The SMILES string of the molecule is C=CCON1C(=O)N2Cc3nc(CS(=O)(=O)OC)sc3C1C2. The Bertz CT molecular complexity index is 714. The number of aromatic nitrogens is 1. The highest BCUT2D eigenvalue weighted by Crippen LogP contribution is 2.41. The fourth-order valence-corrected chi connectivity index (χ4v) is 4.57. The summed E-state index contributed by atoms with van der Waals surface area (Å²) in [6.45, 7) is 4.67. The smallest absolute Gasteiger partial charge is 0.314 e. The van der Waals surface area contributed by atoms with Crippen LogP contribution in [0.25, 0.3) is 0 Å². The van der Waals surface area contributed by atoms with E-state index >= 15 is 0 Å². The van der Waals surface area contributed by atoms with Gasteiger partial charge in [0.1, 0.15) is 16.8 Å². The van der Waals surface area contributed by atoms with Crippen molar-refractivity contribution in [1.82, 2.24) is 14.9 Å². The van der Waals surface area contributed by atoms with Gasteiger partial charge >= 0.3 is 6.03 Å². The first-order valence-electron chi connectivity index (χ1n) is 6.54. The maximum absolute atomic E-state index is 12.2. The van der Waals surface area contributed by atoms with Gasteiger partial charge in [-0.05, 0) is 0 Å². The molecular weight excluding hydrogens is 330 g/mol. The summed E-state index contributed by atoms with van der Waals surface area (Å²) in [6, 6.07) is -0.462. The largest absolute Gasteiger partial charge is 0.345 e. The van der Waals surface area contributed by atoms with Crippen LogP contribution in [0.5, 0.6) is 0 Å². The lowest BCUT2D eigenvalue weighted by Gasteiger charge is -2.21. The molecule has 1 unspecified atom stereocenters. The number of urea groups is 1. The molecule has 1 aromatic heterocycles. The summed E-state index contributed by atoms with van der Waals surface area (Å²) >= 11 is 1.28. The first-order chi connectivity index (χ1) is 10.4. The lowest BCUT2D eigenvalue weighted by molar-refractivity contribution is -0.118. The van der Waals surface area contributed by atoms with Gasteiger partial charge in [0.15, 0.2) is 0 Å². The van der Waals surface area contributed by atoms with Gasteiger partial charge in [0, 0.05) is 0 Å². The predicted octanol–water partition coefficient (Wildman–Crippen LogP) is 1.03. The number of amides is 2. The zero-order valence-electron chi connectivity index (χ0n) is 11.9. The van der Waals surface area contributed by atoms with Crippen molar-refractivity contribution in [3.63, 3.8) is 0 Å². The molecule has 1 fully saturated rings. The number of carbonyl (C=O) groups is 1. The van der Waals surface area contributed by atoms with Gasteiger partial charge in [0.05, 0.1) is 37.4 Å². The molecular formula is C12H15N3O5S2. The Morgan fingerprint density at radius 1 is 1.55 bits per heavy atom. The van der Waals surface area contributed by atoms with E-state index in [2.05, 4.69) is 15.7 Å². The molecule has 22 heavy (non-hydrogen) atoms. The van der Waals surface area contributed by atoms with Gasteiger partial charge in [0.2, 0.25) is 0 Å².